The molecule has 0 aliphatic rings. The number of nitrogens with one attached hydrogen (secondary N) is 2. The smallest absolute Gasteiger partial charge is 0.230 e. The molecule has 2 heterocycles. The lowest BCUT2D eigenvalue weighted by Gasteiger charge is -2.14. The maximum atomic E-state index is 5.40. The Bertz CT molecular complexity index is 1180. The van der Waals surface area contributed by atoms with Crippen LogP contribution in [0.4, 0.5) is 17.5 Å². The van der Waals surface area contributed by atoms with Crippen LogP contribution in [-0.4, -0.2) is 41.3 Å². The van der Waals surface area contributed by atoms with Crippen LogP contribution in [0.15, 0.2) is 67.1 Å². The fourth-order valence-electron chi connectivity index (χ4n) is 3.20. The molecule has 4 aromatic rings. The van der Waals surface area contributed by atoms with Crippen LogP contribution in [0.1, 0.15) is 5.56 Å². The van der Waals surface area contributed by atoms with Gasteiger partial charge in [0.1, 0.15) is 12.1 Å². The van der Waals surface area contributed by atoms with Gasteiger partial charge in [0, 0.05) is 36.1 Å². The Morgan fingerprint density at radius 3 is 2.21 bits per heavy atom. The summed E-state index contributed by atoms with van der Waals surface area (Å²) in [5.74, 6) is 3.21. The average Bonchev–Trinajstić information content (AvgIpc) is 2.88. The zero-order chi connectivity index (χ0) is 23.0. The minimum absolute atomic E-state index is 0.376. The highest BCUT2D eigenvalue weighted by Crippen LogP contribution is 2.40. The number of hydrogen-bond donors (Lipinski definition) is 2. The molecular weight excluding hydrogens is 420 g/mol. The first-order chi connectivity index (χ1) is 16.2. The van der Waals surface area contributed by atoms with Gasteiger partial charge in [0.25, 0.3) is 0 Å². The summed E-state index contributed by atoms with van der Waals surface area (Å²) < 4.78 is 16.2. The lowest BCUT2D eigenvalue weighted by molar-refractivity contribution is 0.324. The SMILES string of the molecule is COc1cc(Nc2ncnc(-c3ccc(NCc4ccccc4)nc3)n2)cc(OC)c1OC. The first-order valence-corrected chi connectivity index (χ1v) is 10.2. The molecule has 0 spiro atoms. The van der Waals surface area contributed by atoms with E-state index in [0.717, 1.165) is 11.4 Å². The number of hydrogen-bond acceptors (Lipinski definition) is 9. The lowest BCUT2D eigenvalue weighted by Crippen LogP contribution is -2.03. The van der Waals surface area contributed by atoms with Gasteiger partial charge in [0.15, 0.2) is 17.3 Å². The molecule has 0 amide bonds. The van der Waals surface area contributed by atoms with Crippen molar-refractivity contribution in [1.29, 1.82) is 0 Å². The summed E-state index contributed by atoms with van der Waals surface area (Å²) in [6.07, 6.45) is 3.18. The largest absolute Gasteiger partial charge is 0.493 e. The Balaban J connectivity index is 1.49. The van der Waals surface area contributed by atoms with E-state index in [1.54, 1.807) is 39.7 Å². The van der Waals surface area contributed by atoms with Gasteiger partial charge in [0.05, 0.1) is 21.3 Å². The van der Waals surface area contributed by atoms with Gasteiger partial charge >= 0.3 is 0 Å². The molecule has 168 valence electrons. The zero-order valence-electron chi connectivity index (χ0n) is 18.6. The minimum atomic E-state index is 0.376. The summed E-state index contributed by atoms with van der Waals surface area (Å²) in [5.41, 5.74) is 2.64. The van der Waals surface area contributed by atoms with Crippen LogP contribution in [0.3, 0.4) is 0 Å². The van der Waals surface area contributed by atoms with Crippen LogP contribution in [0.25, 0.3) is 11.4 Å². The molecule has 4 rings (SSSR count). The molecule has 0 atom stereocenters. The Hall–Kier alpha value is -4.40. The van der Waals surface area contributed by atoms with E-state index < -0.39 is 0 Å². The first kappa shape index (κ1) is 21.8. The van der Waals surface area contributed by atoms with Gasteiger partial charge in [-0.15, -0.1) is 0 Å². The highest BCUT2D eigenvalue weighted by atomic mass is 16.5. The fraction of sp³-hybridized carbons (Fsp3) is 0.167. The molecule has 0 bridgehead atoms. The number of nitrogens with zero attached hydrogens (tertiary/aromatic N) is 4. The number of rotatable bonds is 9. The number of ether oxygens (including phenoxy) is 3. The van der Waals surface area contributed by atoms with Crippen molar-refractivity contribution in [2.75, 3.05) is 32.0 Å². The van der Waals surface area contributed by atoms with Crippen molar-refractivity contribution < 1.29 is 14.2 Å². The predicted octanol–water partition coefficient (Wildman–Crippen LogP) is 4.32. The summed E-state index contributed by atoms with van der Waals surface area (Å²) in [6.45, 7) is 0.696. The van der Waals surface area contributed by atoms with Gasteiger partial charge in [-0.3, -0.25) is 0 Å². The van der Waals surface area contributed by atoms with Crippen molar-refractivity contribution in [3.8, 4) is 28.6 Å². The van der Waals surface area contributed by atoms with Crippen LogP contribution in [0, 0.1) is 0 Å². The van der Waals surface area contributed by atoms with Gasteiger partial charge in [0.2, 0.25) is 11.7 Å². The van der Waals surface area contributed by atoms with Crippen molar-refractivity contribution in [3.63, 3.8) is 0 Å². The highest BCUT2D eigenvalue weighted by molar-refractivity contribution is 5.66. The molecule has 33 heavy (non-hydrogen) atoms. The van der Waals surface area contributed by atoms with Crippen molar-refractivity contribution in [3.05, 3.63) is 72.7 Å². The van der Waals surface area contributed by atoms with E-state index in [1.165, 1.54) is 11.9 Å². The van der Waals surface area contributed by atoms with Crippen molar-refractivity contribution >= 4 is 17.5 Å². The molecule has 0 saturated heterocycles. The molecule has 0 fully saturated rings. The Morgan fingerprint density at radius 1 is 0.818 bits per heavy atom. The highest BCUT2D eigenvalue weighted by Gasteiger charge is 2.14. The normalized spacial score (nSPS) is 10.4. The molecule has 2 aromatic heterocycles. The molecule has 0 saturated carbocycles. The third kappa shape index (κ3) is 5.27. The molecule has 0 unspecified atom stereocenters. The number of methoxy groups -OCH3 is 3. The second kappa shape index (κ2) is 10.3. The van der Waals surface area contributed by atoms with E-state index in [0.29, 0.717) is 41.3 Å². The van der Waals surface area contributed by atoms with Crippen molar-refractivity contribution in [2.45, 2.75) is 6.54 Å². The van der Waals surface area contributed by atoms with Crippen LogP contribution in [0.2, 0.25) is 0 Å². The molecule has 0 aliphatic heterocycles. The number of aromatic nitrogens is 4. The summed E-state index contributed by atoms with van der Waals surface area (Å²) in [5, 5.41) is 6.46. The van der Waals surface area contributed by atoms with Crippen LogP contribution in [-0.2, 0) is 6.54 Å². The van der Waals surface area contributed by atoms with E-state index in [-0.39, 0.29) is 0 Å². The minimum Gasteiger partial charge on any atom is -0.493 e. The predicted molar refractivity (Wildman–Crippen MR) is 126 cm³/mol. The number of pyridine rings is 1. The second-order valence-electron chi connectivity index (χ2n) is 6.94. The Kier molecular flexibility index (Phi) is 6.79. The molecular formula is C24H24N6O3. The van der Waals surface area contributed by atoms with E-state index in [1.807, 2.05) is 30.3 Å². The summed E-state index contributed by atoms with van der Waals surface area (Å²) in [4.78, 5) is 17.5. The van der Waals surface area contributed by atoms with Crippen LogP contribution in [0.5, 0.6) is 17.2 Å². The zero-order valence-corrected chi connectivity index (χ0v) is 18.6. The van der Waals surface area contributed by atoms with Crippen molar-refractivity contribution in [1.82, 2.24) is 19.9 Å². The van der Waals surface area contributed by atoms with Gasteiger partial charge in [-0.05, 0) is 17.7 Å². The second-order valence-corrected chi connectivity index (χ2v) is 6.94. The molecule has 0 radical (unpaired) electrons. The van der Waals surface area contributed by atoms with Gasteiger partial charge < -0.3 is 24.8 Å². The molecule has 9 nitrogen and oxygen atoms in total. The topological polar surface area (TPSA) is 103 Å². The maximum absolute atomic E-state index is 5.40. The quantitative estimate of drug-likeness (QED) is 0.391. The van der Waals surface area contributed by atoms with Crippen molar-refractivity contribution in [2.24, 2.45) is 0 Å². The monoisotopic (exact) mass is 444 g/mol. The molecule has 0 aliphatic carbocycles. The van der Waals surface area contributed by atoms with E-state index in [4.69, 9.17) is 14.2 Å². The molecule has 2 N–H and O–H groups in total. The van der Waals surface area contributed by atoms with E-state index in [9.17, 15) is 0 Å². The Labute approximate surface area is 191 Å². The summed E-state index contributed by atoms with van der Waals surface area (Å²) in [6, 6.07) is 17.5. The number of anilines is 3. The number of benzene rings is 2. The van der Waals surface area contributed by atoms with Crippen LogP contribution >= 0.6 is 0 Å². The Morgan fingerprint density at radius 2 is 1.58 bits per heavy atom. The summed E-state index contributed by atoms with van der Waals surface area (Å²) >= 11 is 0. The van der Waals surface area contributed by atoms with E-state index in [2.05, 4.69) is 42.7 Å². The average molecular weight is 444 g/mol. The van der Waals surface area contributed by atoms with Crippen LogP contribution < -0.4 is 24.8 Å². The third-order valence-corrected chi connectivity index (χ3v) is 4.83. The standard InChI is InChI=1S/C24H24N6O3/c1-31-19-11-18(12-20(32-2)22(19)33-3)29-24-28-15-27-23(30-24)17-9-10-21(26-14-17)25-13-16-7-5-4-6-8-16/h4-12,14-15H,13H2,1-3H3,(H,25,26)(H,27,28,29,30). The van der Waals surface area contributed by atoms with Gasteiger partial charge in [-0.1, -0.05) is 30.3 Å². The maximum Gasteiger partial charge on any atom is 0.230 e. The third-order valence-electron chi connectivity index (χ3n) is 4.83. The fourth-order valence-corrected chi connectivity index (χ4v) is 3.20. The van der Waals surface area contributed by atoms with Gasteiger partial charge in [-0.25, -0.2) is 15.0 Å². The first-order valence-electron chi connectivity index (χ1n) is 10.2. The summed E-state index contributed by atoms with van der Waals surface area (Å²) in [7, 11) is 4.68. The van der Waals surface area contributed by atoms with E-state index >= 15 is 0 Å². The molecule has 9 heteroatoms. The lowest BCUT2D eigenvalue weighted by atomic mass is 10.2. The van der Waals surface area contributed by atoms with Gasteiger partial charge in [-0.2, -0.15) is 4.98 Å². The molecule has 2 aromatic carbocycles.